The van der Waals surface area contributed by atoms with Gasteiger partial charge in [0.1, 0.15) is 0 Å². The molecule has 2 fully saturated rings. The van der Waals surface area contributed by atoms with Gasteiger partial charge in [0.2, 0.25) is 5.56 Å². The Morgan fingerprint density at radius 2 is 1.87 bits per heavy atom. The topological polar surface area (TPSA) is 56.4 Å². The number of nitrogens with one attached hydrogen (secondary N) is 1. The highest BCUT2D eigenvalue weighted by Gasteiger charge is 2.23. The number of aromatic amines is 1. The van der Waals surface area contributed by atoms with Crippen molar-refractivity contribution in [1.82, 2.24) is 14.8 Å². The summed E-state index contributed by atoms with van der Waals surface area (Å²) in [6, 6.07) is 3.03. The van der Waals surface area contributed by atoms with Crippen LogP contribution in [0.5, 0.6) is 0 Å². The third kappa shape index (κ3) is 4.44. The Bertz CT molecular complexity index is 549. The number of aromatic nitrogens is 1. The van der Waals surface area contributed by atoms with Crippen molar-refractivity contribution in [2.45, 2.75) is 38.5 Å². The number of hydrogen-bond donors (Lipinski definition) is 1. The summed E-state index contributed by atoms with van der Waals surface area (Å²) in [6.07, 6.45) is 9.04. The number of amides is 1. The molecule has 0 bridgehead atoms. The molecular formula is C18H27N3O2. The molecule has 0 aliphatic carbocycles. The summed E-state index contributed by atoms with van der Waals surface area (Å²) in [6.45, 7) is 5.49. The fourth-order valence-electron chi connectivity index (χ4n) is 3.76. The van der Waals surface area contributed by atoms with Crippen LogP contribution in [0.1, 0.15) is 48.9 Å². The molecule has 0 atom stereocenters. The number of carbonyl (C=O) groups excluding carboxylic acids is 1. The van der Waals surface area contributed by atoms with Gasteiger partial charge in [-0.2, -0.15) is 0 Å². The Hall–Kier alpha value is -1.62. The van der Waals surface area contributed by atoms with Crippen LogP contribution in [0.15, 0.2) is 23.1 Å². The minimum atomic E-state index is -0.168. The first-order valence-electron chi connectivity index (χ1n) is 8.93. The largest absolute Gasteiger partial charge is 0.339 e. The SMILES string of the molecule is O=C(c1ccc(=O)[nH]c1)N1CCC(CCCN2CCCC2)CC1. The Morgan fingerprint density at radius 1 is 1.13 bits per heavy atom. The molecule has 1 aromatic heterocycles. The van der Waals surface area contributed by atoms with Crippen LogP contribution in [0.2, 0.25) is 0 Å². The molecule has 0 aromatic carbocycles. The lowest BCUT2D eigenvalue weighted by Crippen LogP contribution is -2.38. The average molecular weight is 317 g/mol. The van der Waals surface area contributed by atoms with Gasteiger partial charge in [-0.05, 0) is 70.1 Å². The van der Waals surface area contributed by atoms with E-state index in [4.69, 9.17) is 0 Å². The molecule has 23 heavy (non-hydrogen) atoms. The van der Waals surface area contributed by atoms with Crippen LogP contribution in [0.3, 0.4) is 0 Å². The van der Waals surface area contributed by atoms with E-state index in [0.29, 0.717) is 5.56 Å². The Morgan fingerprint density at radius 3 is 2.52 bits per heavy atom. The zero-order valence-electron chi connectivity index (χ0n) is 13.8. The molecule has 5 heteroatoms. The fraction of sp³-hybridized carbons (Fsp3) is 0.667. The lowest BCUT2D eigenvalue weighted by molar-refractivity contribution is 0.0684. The zero-order valence-corrected chi connectivity index (χ0v) is 13.8. The van der Waals surface area contributed by atoms with Gasteiger partial charge in [-0.25, -0.2) is 0 Å². The summed E-state index contributed by atoms with van der Waals surface area (Å²) in [4.78, 5) is 30.6. The van der Waals surface area contributed by atoms with E-state index in [1.807, 2.05) is 4.90 Å². The second kappa shape index (κ2) is 7.77. The molecule has 0 spiro atoms. The van der Waals surface area contributed by atoms with Gasteiger partial charge >= 0.3 is 0 Å². The molecule has 0 unspecified atom stereocenters. The third-order valence-corrected chi connectivity index (χ3v) is 5.22. The third-order valence-electron chi connectivity index (χ3n) is 5.22. The standard InChI is InChI=1S/C18H27N3O2/c22-17-6-5-16(14-19-17)18(23)21-12-7-15(8-13-21)4-3-11-20-9-1-2-10-20/h5-6,14-15H,1-4,7-13H2,(H,19,22). The van der Waals surface area contributed by atoms with Gasteiger partial charge in [0.25, 0.3) is 5.91 Å². The monoisotopic (exact) mass is 317 g/mol. The van der Waals surface area contributed by atoms with E-state index in [1.165, 1.54) is 57.6 Å². The number of piperidine rings is 1. The minimum absolute atomic E-state index is 0.0387. The maximum atomic E-state index is 12.4. The molecule has 3 rings (SSSR count). The van der Waals surface area contributed by atoms with Gasteiger partial charge < -0.3 is 14.8 Å². The number of likely N-dealkylation sites (tertiary alicyclic amines) is 2. The van der Waals surface area contributed by atoms with Crippen LogP contribution in [0.25, 0.3) is 0 Å². The number of nitrogens with zero attached hydrogens (tertiary/aromatic N) is 2. The van der Waals surface area contributed by atoms with Crippen LogP contribution in [-0.4, -0.2) is 53.4 Å². The Labute approximate surface area is 137 Å². The zero-order chi connectivity index (χ0) is 16.1. The smallest absolute Gasteiger partial charge is 0.255 e. The van der Waals surface area contributed by atoms with Crippen LogP contribution in [-0.2, 0) is 0 Å². The quantitative estimate of drug-likeness (QED) is 0.905. The van der Waals surface area contributed by atoms with Gasteiger partial charge in [-0.3, -0.25) is 9.59 Å². The van der Waals surface area contributed by atoms with E-state index in [0.717, 1.165) is 31.8 Å². The Kier molecular flexibility index (Phi) is 5.49. The molecule has 1 amide bonds. The molecule has 2 saturated heterocycles. The van der Waals surface area contributed by atoms with Crippen molar-refractivity contribution in [3.05, 3.63) is 34.2 Å². The van der Waals surface area contributed by atoms with Gasteiger partial charge in [-0.15, -0.1) is 0 Å². The second-order valence-corrected chi connectivity index (χ2v) is 6.87. The summed E-state index contributed by atoms with van der Waals surface area (Å²) >= 11 is 0. The molecule has 1 aromatic rings. The maximum absolute atomic E-state index is 12.4. The number of rotatable bonds is 5. The number of pyridine rings is 1. The van der Waals surface area contributed by atoms with E-state index in [9.17, 15) is 9.59 Å². The van der Waals surface area contributed by atoms with E-state index in [2.05, 4.69) is 9.88 Å². The fourth-order valence-corrected chi connectivity index (χ4v) is 3.76. The van der Waals surface area contributed by atoms with Crippen LogP contribution in [0.4, 0.5) is 0 Å². The Balaban J connectivity index is 1.40. The van der Waals surface area contributed by atoms with Gasteiger partial charge in [-0.1, -0.05) is 0 Å². The maximum Gasteiger partial charge on any atom is 0.255 e. The molecule has 5 nitrogen and oxygen atoms in total. The van der Waals surface area contributed by atoms with Gasteiger partial charge in [0, 0.05) is 25.4 Å². The van der Waals surface area contributed by atoms with Crippen molar-refractivity contribution < 1.29 is 4.79 Å². The molecule has 3 heterocycles. The first kappa shape index (κ1) is 16.2. The predicted molar refractivity (Wildman–Crippen MR) is 90.6 cm³/mol. The highest BCUT2D eigenvalue weighted by atomic mass is 16.2. The van der Waals surface area contributed by atoms with Crippen molar-refractivity contribution >= 4 is 5.91 Å². The van der Waals surface area contributed by atoms with Crippen LogP contribution < -0.4 is 5.56 Å². The summed E-state index contributed by atoms with van der Waals surface area (Å²) in [7, 11) is 0. The first-order chi connectivity index (χ1) is 11.2. The molecule has 0 radical (unpaired) electrons. The summed E-state index contributed by atoms with van der Waals surface area (Å²) in [5.41, 5.74) is 0.412. The molecule has 126 valence electrons. The first-order valence-corrected chi connectivity index (χ1v) is 8.93. The van der Waals surface area contributed by atoms with E-state index < -0.39 is 0 Å². The highest BCUT2D eigenvalue weighted by Crippen LogP contribution is 2.23. The van der Waals surface area contributed by atoms with E-state index in [1.54, 1.807) is 6.07 Å². The van der Waals surface area contributed by atoms with Gasteiger partial charge in [0.05, 0.1) is 5.56 Å². The van der Waals surface area contributed by atoms with Crippen LogP contribution in [0, 0.1) is 5.92 Å². The van der Waals surface area contributed by atoms with Gasteiger partial charge in [0.15, 0.2) is 0 Å². The number of hydrogen-bond acceptors (Lipinski definition) is 3. The minimum Gasteiger partial charge on any atom is -0.339 e. The lowest BCUT2D eigenvalue weighted by Gasteiger charge is -2.32. The molecule has 2 aliphatic rings. The van der Waals surface area contributed by atoms with Crippen molar-refractivity contribution in [3.63, 3.8) is 0 Å². The van der Waals surface area contributed by atoms with Crippen molar-refractivity contribution in [2.24, 2.45) is 5.92 Å². The second-order valence-electron chi connectivity index (χ2n) is 6.87. The average Bonchev–Trinajstić information content (AvgIpc) is 3.09. The van der Waals surface area contributed by atoms with Crippen molar-refractivity contribution in [2.75, 3.05) is 32.7 Å². The summed E-state index contributed by atoms with van der Waals surface area (Å²) in [5, 5.41) is 0. The van der Waals surface area contributed by atoms with E-state index >= 15 is 0 Å². The highest BCUT2D eigenvalue weighted by molar-refractivity contribution is 5.93. The number of H-pyrrole nitrogens is 1. The molecular weight excluding hydrogens is 290 g/mol. The molecule has 0 saturated carbocycles. The number of carbonyl (C=O) groups is 1. The predicted octanol–water partition coefficient (Wildman–Crippen LogP) is 2.10. The summed E-state index contributed by atoms with van der Waals surface area (Å²) in [5.74, 6) is 0.800. The molecule has 1 N–H and O–H groups in total. The van der Waals surface area contributed by atoms with Crippen molar-refractivity contribution in [1.29, 1.82) is 0 Å². The van der Waals surface area contributed by atoms with Crippen molar-refractivity contribution in [3.8, 4) is 0 Å². The normalized spacial score (nSPS) is 20.1. The summed E-state index contributed by atoms with van der Waals surface area (Å²) < 4.78 is 0. The van der Waals surface area contributed by atoms with E-state index in [-0.39, 0.29) is 11.5 Å². The van der Waals surface area contributed by atoms with Crippen LogP contribution >= 0.6 is 0 Å². The lowest BCUT2D eigenvalue weighted by atomic mass is 9.92. The molecule has 2 aliphatic heterocycles.